The van der Waals surface area contributed by atoms with Crippen LogP contribution in [0.3, 0.4) is 0 Å². The van der Waals surface area contributed by atoms with Crippen LogP contribution in [-0.4, -0.2) is 18.2 Å². The van der Waals surface area contributed by atoms with E-state index in [1.165, 1.54) is 19.2 Å². The van der Waals surface area contributed by atoms with Crippen LogP contribution in [0.5, 0.6) is 5.75 Å². The molecule has 0 spiro atoms. The lowest BCUT2D eigenvalue weighted by atomic mass is 9.96. The third kappa shape index (κ3) is 4.62. The molecule has 0 heterocycles. The van der Waals surface area contributed by atoms with Crippen molar-refractivity contribution in [2.75, 3.05) is 7.11 Å². The van der Waals surface area contributed by atoms with E-state index in [0.717, 1.165) is 23.8 Å². The van der Waals surface area contributed by atoms with Gasteiger partial charge in [0.05, 0.1) is 12.7 Å². The number of rotatable bonds is 5. The first-order valence-corrected chi connectivity index (χ1v) is 7.03. The molecule has 0 aromatic heterocycles. The van der Waals surface area contributed by atoms with E-state index in [0.29, 0.717) is 16.9 Å². The van der Waals surface area contributed by atoms with Gasteiger partial charge in [-0.1, -0.05) is 24.3 Å². The Morgan fingerprint density at radius 3 is 2.12 bits per heavy atom. The maximum absolute atomic E-state index is 12.6. The molecule has 0 aliphatic heterocycles. The van der Waals surface area contributed by atoms with Crippen LogP contribution in [0.15, 0.2) is 54.6 Å². The second kappa shape index (κ2) is 7.21. The number of hydrogen-bond acceptors (Lipinski definition) is 2. The van der Waals surface area contributed by atoms with Crippen LogP contribution in [0.25, 0.3) is 5.57 Å². The number of carboxylic acids is 1. The van der Waals surface area contributed by atoms with E-state index in [1.54, 1.807) is 24.3 Å². The molecule has 24 heavy (non-hydrogen) atoms. The summed E-state index contributed by atoms with van der Waals surface area (Å²) in [4.78, 5) is 11.0. The summed E-state index contributed by atoms with van der Waals surface area (Å²) < 4.78 is 42.9. The Labute approximate surface area is 137 Å². The van der Waals surface area contributed by atoms with Gasteiger partial charge in [-0.05, 0) is 47.4 Å². The van der Waals surface area contributed by atoms with E-state index in [-0.39, 0.29) is 6.42 Å². The van der Waals surface area contributed by atoms with Gasteiger partial charge in [0, 0.05) is 6.08 Å². The molecule has 0 saturated carbocycles. The molecule has 0 bridgehead atoms. The zero-order valence-electron chi connectivity index (χ0n) is 12.8. The molecule has 0 radical (unpaired) electrons. The van der Waals surface area contributed by atoms with Crippen molar-refractivity contribution in [2.45, 2.75) is 12.6 Å². The van der Waals surface area contributed by atoms with Gasteiger partial charge in [0.25, 0.3) is 0 Å². The van der Waals surface area contributed by atoms with E-state index in [4.69, 9.17) is 9.84 Å². The average molecular weight is 336 g/mol. The molecular weight excluding hydrogens is 321 g/mol. The van der Waals surface area contributed by atoms with Crippen LogP contribution in [-0.2, 0) is 17.4 Å². The molecule has 3 nitrogen and oxygen atoms in total. The summed E-state index contributed by atoms with van der Waals surface area (Å²) in [5.41, 5.74) is 0.899. The topological polar surface area (TPSA) is 46.5 Å². The highest BCUT2D eigenvalue weighted by Crippen LogP contribution is 2.30. The summed E-state index contributed by atoms with van der Waals surface area (Å²) in [6.07, 6.45) is -3.14. The van der Waals surface area contributed by atoms with E-state index < -0.39 is 17.7 Å². The Hall–Kier alpha value is -2.76. The SMILES string of the molecule is COc1ccc(CC(=CC(=O)O)c2ccc(C(F)(F)F)cc2)cc1. The lowest BCUT2D eigenvalue weighted by molar-refractivity contribution is -0.137. The normalized spacial score (nSPS) is 12.1. The zero-order chi connectivity index (χ0) is 17.7. The van der Waals surface area contributed by atoms with E-state index in [2.05, 4.69) is 0 Å². The van der Waals surface area contributed by atoms with Crippen molar-refractivity contribution in [3.05, 3.63) is 71.3 Å². The Bertz CT molecular complexity index is 730. The molecule has 2 rings (SSSR count). The fourth-order valence-corrected chi connectivity index (χ4v) is 2.22. The molecule has 0 fully saturated rings. The van der Waals surface area contributed by atoms with Gasteiger partial charge < -0.3 is 9.84 Å². The lowest BCUT2D eigenvalue weighted by Gasteiger charge is -2.11. The molecule has 2 aromatic carbocycles. The summed E-state index contributed by atoms with van der Waals surface area (Å²) in [6, 6.07) is 11.5. The first kappa shape index (κ1) is 17.6. The molecule has 0 aliphatic rings. The first-order chi connectivity index (χ1) is 11.3. The third-order valence-electron chi connectivity index (χ3n) is 3.43. The molecule has 0 amide bonds. The van der Waals surface area contributed by atoms with Crippen molar-refractivity contribution in [3.63, 3.8) is 0 Å². The number of halogens is 3. The number of allylic oxidation sites excluding steroid dienone is 1. The monoisotopic (exact) mass is 336 g/mol. The molecular formula is C18H15F3O3. The van der Waals surface area contributed by atoms with Gasteiger partial charge in [0.2, 0.25) is 0 Å². The summed E-state index contributed by atoms with van der Waals surface area (Å²) in [6.45, 7) is 0. The molecule has 0 unspecified atom stereocenters. The Morgan fingerprint density at radius 2 is 1.67 bits per heavy atom. The van der Waals surface area contributed by atoms with Crippen LogP contribution in [0.4, 0.5) is 13.2 Å². The number of benzene rings is 2. The maximum Gasteiger partial charge on any atom is 0.416 e. The number of carboxylic acid groups (broad SMARTS) is 1. The minimum absolute atomic E-state index is 0.279. The van der Waals surface area contributed by atoms with Gasteiger partial charge in [0.15, 0.2) is 0 Å². The second-order valence-corrected chi connectivity index (χ2v) is 5.11. The van der Waals surface area contributed by atoms with Crippen LogP contribution in [0, 0.1) is 0 Å². The molecule has 6 heteroatoms. The van der Waals surface area contributed by atoms with Crippen molar-refractivity contribution >= 4 is 11.5 Å². The molecule has 0 atom stereocenters. The number of carbonyl (C=O) groups is 1. The number of hydrogen-bond donors (Lipinski definition) is 1. The second-order valence-electron chi connectivity index (χ2n) is 5.11. The van der Waals surface area contributed by atoms with Crippen LogP contribution in [0.2, 0.25) is 0 Å². The molecule has 126 valence electrons. The smallest absolute Gasteiger partial charge is 0.416 e. The van der Waals surface area contributed by atoms with Crippen LogP contribution >= 0.6 is 0 Å². The number of aliphatic carboxylic acids is 1. The van der Waals surface area contributed by atoms with Crippen molar-refractivity contribution in [1.82, 2.24) is 0 Å². The molecule has 1 N–H and O–H groups in total. The number of alkyl halides is 3. The minimum atomic E-state index is -4.43. The lowest BCUT2D eigenvalue weighted by Crippen LogP contribution is -2.05. The van der Waals surface area contributed by atoms with Gasteiger partial charge in [-0.15, -0.1) is 0 Å². The van der Waals surface area contributed by atoms with Gasteiger partial charge >= 0.3 is 12.1 Å². The van der Waals surface area contributed by atoms with Crippen LogP contribution in [0.1, 0.15) is 16.7 Å². The number of methoxy groups -OCH3 is 1. The molecule has 2 aromatic rings. The van der Waals surface area contributed by atoms with Crippen molar-refractivity contribution < 1.29 is 27.8 Å². The predicted molar refractivity (Wildman–Crippen MR) is 83.8 cm³/mol. The summed E-state index contributed by atoms with van der Waals surface area (Å²) in [5, 5.41) is 9.01. The highest BCUT2D eigenvalue weighted by atomic mass is 19.4. The number of ether oxygens (including phenoxy) is 1. The van der Waals surface area contributed by atoms with Crippen molar-refractivity contribution in [1.29, 1.82) is 0 Å². The van der Waals surface area contributed by atoms with E-state index in [9.17, 15) is 18.0 Å². The Balaban J connectivity index is 2.30. The Morgan fingerprint density at radius 1 is 1.08 bits per heavy atom. The highest BCUT2D eigenvalue weighted by molar-refractivity contribution is 5.90. The van der Waals surface area contributed by atoms with E-state index in [1.807, 2.05) is 0 Å². The average Bonchev–Trinajstić information content (AvgIpc) is 2.54. The quantitative estimate of drug-likeness (QED) is 0.822. The van der Waals surface area contributed by atoms with Gasteiger partial charge in [-0.3, -0.25) is 0 Å². The fourth-order valence-electron chi connectivity index (χ4n) is 2.22. The molecule has 0 saturated heterocycles. The first-order valence-electron chi connectivity index (χ1n) is 7.03. The zero-order valence-corrected chi connectivity index (χ0v) is 12.8. The van der Waals surface area contributed by atoms with Crippen molar-refractivity contribution in [3.8, 4) is 5.75 Å². The van der Waals surface area contributed by atoms with Gasteiger partial charge in [-0.2, -0.15) is 13.2 Å². The molecule has 0 aliphatic carbocycles. The van der Waals surface area contributed by atoms with E-state index >= 15 is 0 Å². The summed E-state index contributed by atoms with van der Waals surface area (Å²) in [5.74, 6) is -0.490. The minimum Gasteiger partial charge on any atom is -0.497 e. The summed E-state index contributed by atoms with van der Waals surface area (Å²) >= 11 is 0. The van der Waals surface area contributed by atoms with Crippen molar-refractivity contribution in [2.24, 2.45) is 0 Å². The Kier molecular flexibility index (Phi) is 5.28. The highest BCUT2D eigenvalue weighted by Gasteiger charge is 2.30. The van der Waals surface area contributed by atoms with Gasteiger partial charge in [-0.25, -0.2) is 4.79 Å². The standard InChI is InChI=1S/C18H15F3O3/c1-24-16-8-2-12(3-9-16)10-14(11-17(22)23)13-4-6-15(7-5-13)18(19,20)21/h2-9,11H,10H2,1H3,(H,22,23). The largest absolute Gasteiger partial charge is 0.497 e. The summed E-state index contributed by atoms with van der Waals surface area (Å²) in [7, 11) is 1.53. The van der Waals surface area contributed by atoms with Crippen LogP contribution < -0.4 is 4.74 Å². The predicted octanol–water partition coefficient (Wildman–Crippen LogP) is 4.42. The fraction of sp³-hybridized carbons (Fsp3) is 0.167. The maximum atomic E-state index is 12.6. The van der Waals surface area contributed by atoms with Gasteiger partial charge in [0.1, 0.15) is 5.75 Å². The third-order valence-corrected chi connectivity index (χ3v) is 3.43.